The Kier molecular flexibility index (Phi) is 4.86. The average molecular weight is 405 g/mol. The lowest BCUT2D eigenvalue weighted by Crippen LogP contribution is -2.27. The van der Waals surface area contributed by atoms with E-state index in [4.69, 9.17) is 4.74 Å². The molecular formula is C21H23N7O2. The standard InChI is InChI=1S/C21H23N7O2/c1-21(2,3)30-20(29)27-17-6-5-14(15-7-9-22-18(15)17)16-8-10-23-19(26-16)25-13-11-24-28(4)12-13/h5-12,22H,1-4H3,(H,27,29)(H,23,25,26). The van der Waals surface area contributed by atoms with Gasteiger partial charge in [-0.15, -0.1) is 0 Å². The van der Waals surface area contributed by atoms with Crippen LogP contribution in [0.1, 0.15) is 20.8 Å². The van der Waals surface area contributed by atoms with E-state index in [1.807, 2.05) is 64.5 Å². The molecule has 1 aromatic carbocycles. The van der Waals surface area contributed by atoms with Crippen LogP contribution in [0.5, 0.6) is 0 Å². The lowest BCUT2D eigenvalue weighted by atomic mass is 10.1. The summed E-state index contributed by atoms with van der Waals surface area (Å²) in [6.45, 7) is 5.48. The van der Waals surface area contributed by atoms with Crippen LogP contribution in [0.25, 0.3) is 22.2 Å². The molecule has 9 nitrogen and oxygen atoms in total. The quantitative estimate of drug-likeness (QED) is 0.463. The van der Waals surface area contributed by atoms with E-state index in [1.54, 1.807) is 17.1 Å². The van der Waals surface area contributed by atoms with E-state index in [0.717, 1.165) is 27.8 Å². The van der Waals surface area contributed by atoms with Crippen LogP contribution in [0.4, 0.5) is 22.1 Å². The SMILES string of the molecule is Cn1cc(Nc2nccc(-c3ccc(NC(=O)OC(C)(C)C)c4[nH]ccc34)n2)cn1. The first kappa shape index (κ1) is 19.4. The summed E-state index contributed by atoms with van der Waals surface area (Å²) in [5, 5.41) is 11.0. The van der Waals surface area contributed by atoms with Gasteiger partial charge in [-0.25, -0.2) is 14.8 Å². The fourth-order valence-corrected chi connectivity index (χ4v) is 3.08. The molecule has 0 spiro atoms. The first-order valence-corrected chi connectivity index (χ1v) is 9.48. The van der Waals surface area contributed by atoms with Gasteiger partial charge in [0.25, 0.3) is 0 Å². The van der Waals surface area contributed by atoms with Crippen molar-refractivity contribution >= 4 is 34.3 Å². The van der Waals surface area contributed by atoms with Crippen LogP contribution in [0.15, 0.2) is 49.1 Å². The van der Waals surface area contributed by atoms with Crippen LogP contribution in [-0.4, -0.2) is 36.4 Å². The average Bonchev–Trinajstić information content (AvgIpc) is 3.30. The van der Waals surface area contributed by atoms with Gasteiger partial charge in [-0.3, -0.25) is 10.00 Å². The van der Waals surface area contributed by atoms with E-state index in [0.29, 0.717) is 11.6 Å². The van der Waals surface area contributed by atoms with E-state index in [9.17, 15) is 4.79 Å². The molecule has 0 atom stereocenters. The molecule has 9 heteroatoms. The van der Waals surface area contributed by atoms with Crippen LogP contribution < -0.4 is 10.6 Å². The molecule has 0 saturated heterocycles. The van der Waals surface area contributed by atoms with Crippen molar-refractivity contribution in [1.29, 1.82) is 0 Å². The Labute approximate surface area is 173 Å². The molecule has 0 aliphatic carbocycles. The third-order valence-electron chi connectivity index (χ3n) is 4.25. The van der Waals surface area contributed by atoms with Crippen LogP contribution in [0, 0.1) is 0 Å². The number of carbonyl (C=O) groups excluding carboxylic acids is 1. The maximum atomic E-state index is 12.2. The lowest BCUT2D eigenvalue weighted by Gasteiger charge is -2.20. The molecule has 0 aliphatic heterocycles. The van der Waals surface area contributed by atoms with Crippen molar-refractivity contribution in [3.8, 4) is 11.3 Å². The third kappa shape index (κ3) is 4.24. The highest BCUT2D eigenvalue weighted by molar-refractivity contribution is 6.04. The fraction of sp³-hybridized carbons (Fsp3) is 0.238. The molecule has 0 fully saturated rings. The van der Waals surface area contributed by atoms with Crippen LogP contribution in [0.2, 0.25) is 0 Å². The van der Waals surface area contributed by atoms with Gasteiger partial charge in [-0.05, 0) is 45.0 Å². The number of aryl methyl sites for hydroxylation is 1. The van der Waals surface area contributed by atoms with Gasteiger partial charge in [0.2, 0.25) is 5.95 Å². The Balaban J connectivity index is 1.63. The van der Waals surface area contributed by atoms with Crippen molar-refractivity contribution in [3.63, 3.8) is 0 Å². The van der Waals surface area contributed by atoms with Crippen molar-refractivity contribution in [2.45, 2.75) is 26.4 Å². The number of anilines is 3. The number of amides is 1. The smallest absolute Gasteiger partial charge is 0.412 e. The number of aromatic amines is 1. The minimum atomic E-state index is -0.572. The number of fused-ring (bicyclic) bond motifs is 1. The van der Waals surface area contributed by atoms with Gasteiger partial charge in [-0.2, -0.15) is 5.10 Å². The summed E-state index contributed by atoms with van der Waals surface area (Å²) < 4.78 is 7.06. The summed E-state index contributed by atoms with van der Waals surface area (Å²) in [5.41, 5.74) is 3.33. The third-order valence-corrected chi connectivity index (χ3v) is 4.25. The number of hydrogen-bond acceptors (Lipinski definition) is 6. The van der Waals surface area contributed by atoms with Gasteiger partial charge >= 0.3 is 6.09 Å². The highest BCUT2D eigenvalue weighted by Crippen LogP contribution is 2.32. The summed E-state index contributed by atoms with van der Waals surface area (Å²) in [7, 11) is 1.85. The molecular weight excluding hydrogens is 382 g/mol. The number of H-pyrrole nitrogens is 1. The maximum Gasteiger partial charge on any atom is 0.412 e. The normalized spacial score (nSPS) is 11.5. The highest BCUT2D eigenvalue weighted by Gasteiger charge is 2.18. The van der Waals surface area contributed by atoms with E-state index in [-0.39, 0.29) is 0 Å². The molecule has 0 bridgehead atoms. The summed E-state index contributed by atoms with van der Waals surface area (Å²) in [6.07, 6.45) is 6.57. The van der Waals surface area contributed by atoms with Crippen molar-refractivity contribution in [2.24, 2.45) is 7.05 Å². The molecule has 0 unspecified atom stereocenters. The lowest BCUT2D eigenvalue weighted by molar-refractivity contribution is 0.0636. The summed E-state index contributed by atoms with van der Waals surface area (Å²) >= 11 is 0. The predicted octanol–water partition coefficient (Wildman–Crippen LogP) is 4.45. The van der Waals surface area contributed by atoms with Gasteiger partial charge in [-0.1, -0.05) is 0 Å². The molecule has 154 valence electrons. The number of hydrogen-bond donors (Lipinski definition) is 3. The molecule has 30 heavy (non-hydrogen) atoms. The fourth-order valence-electron chi connectivity index (χ4n) is 3.08. The molecule has 0 radical (unpaired) electrons. The predicted molar refractivity (Wildman–Crippen MR) is 116 cm³/mol. The number of nitrogens with one attached hydrogen (secondary N) is 3. The van der Waals surface area contributed by atoms with Gasteiger partial charge in [0.15, 0.2) is 0 Å². The zero-order chi connectivity index (χ0) is 21.3. The van der Waals surface area contributed by atoms with Crippen LogP contribution >= 0.6 is 0 Å². The first-order chi connectivity index (χ1) is 14.3. The molecule has 3 aromatic heterocycles. The Bertz CT molecular complexity index is 1200. The Morgan fingerprint density at radius 2 is 2.03 bits per heavy atom. The highest BCUT2D eigenvalue weighted by atomic mass is 16.6. The Hall–Kier alpha value is -3.88. The largest absolute Gasteiger partial charge is 0.444 e. The molecule has 4 rings (SSSR count). The van der Waals surface area contributed by atoms with E-state index >= 15 is 0 Å². The topological polar surface area (TPSA) is 110 Å². The second-order valence-corrected chi connectivity index (χ2v) is 7.85. The zero-order valence-electron chi connectivity index (χ0n) is 17.2. The van der Waals surface area contributed by atoms with E-state index in [1.165, 1.54) is 0 Å². The number of benzene rings is 1. The van der Waals surface area contributed by atoms with Crippen LogP contribution in [-0.2, 0) is 11.8 Å². The Morgan fingerprint density at radius 1 is 1.20 bits per heavy atom. The molecule has 0 saturated carbocycles. The van der Waals surface area contributed by atoms with Crippen LogP contribution in [0.3, 0.4) is 0 Å². The van der Waals surface area contributed by atoms with Crippen molar-refractivity contribution < 1.29 is 9.53 Å². The second kappa shape index (κ2) is 7.51. The number of rotatable bonds is 4. The van der Waals surface area contributed by atoms with Gasteiger partial charge < -0.3 is 15.0 Å². The second-order valence-electron chi connectivity index (χ2n) is 7.85. The molecule has 4 aromatic rings. The molecule has 3 N–H and O–H groups in total. The van der Waals surface area contributed by atoms with Gasteiger partial charge in [0, 0.05) is 36.6 Å². The molecule has 3 heterocycles. The summed E-state index contributed by atoms with van der Waals surface area (Å²) in [5.74, 6) is 0.472. The number of ether oxygens (including phenoxy) is 1. The minimum Gasteiger partial charge on any atom is -0.444 e. The number of nitrogens with zero attached hydrogens (tertiary/aromatic N) is 4. The van der Waals surface area contributed by atoms with Gasteiger partial charge in [0.05, 0.1) is 28.8 Å². The minimum absolute atomic E-state index is 0.472. The molecule has 0 aliphatic rings. The van der Waals surface area contributed by atoms with Crippen molar-refractivity contribution in [2.75, 3.05) is 10.6 Å². The van der Waals surface area contributed by atoms with E-state index < -0.39 is 11.7 Å². The van der Waals surface area contributed by atoms with Crippen molar-refractivity contribution in [3.05, 3.63) is 49.1 Å². The van der Waals surface area contributed by atoms with E-state index in [2.05, 4.69) is 30.7 Å². The summed E-state index contributed by atoms with van der Waals surface area (Å²) in [6, 6.07) is 7.53. The monoisotopic (exact) mass is 405 g/mol. The number of aromatic nitrogens is 5. The number of carbonyl (C=O) groups is 1. The Morgan fingerprint density at radius 3 is 2.77 bits per heavy atom. The van der Waals surface area contributed by atoms with Crippen molar-refractivity contribution in [1.82, 2.24) is 24.7 Å². The summed E-state index contributed by atoms with van der Waals surface area (Å²) in [4.78, 5) is 24.3. The molecule has 1 amide bonds. The first-order valence-electron chi connectivity index (χ1n) is 9.48. The maximum absolute atomic E-state index is 12.2. The van der Waals surface area contributed by atoms with Gasteiger partial charge in [0.1, 0.15) is 5.60 Å². The zero-order valence-corrected chi connectivity index (χ0v) is 17.2.